The highest BCUT2D eigenvalue weighted by Crippen LogP contribution is 2.27. The maximum absolute atomic E-state index is 11.9. The van der Waals surface area contributed by atoms with Crippen molar-refractivity contribution in [2.24, 2.45) is 10.8 Å². The van der Waals surface area contributed by atoms with Crippen LogP contribution in [0.25, 0.3) is 0 Å². The zero-order valence-electron chi connectivity index (χ0n) is 15.4. The molecule has 0 radical (unpaired) electrons. The molecule has 2 aliphatic rings. The lowest BCUT2D eigenvalue weighted by Crippen LogP contribution is -2.44. The minimum Gasteiger partial charge on any atom is -0.465 e. The SMILES string of the molecule is CC1(COC(=O)Cc2ccc(CC(=O)OCC3(C)COC3)cc2)COC1. The molecule has 2 aliphatic heterocycles. The van der Waals surface area contributed by atoms with Crippen molar-refractivity contribution in [3.63, 3.8) is 0 Å². The van der Waals surface area contributed by atoms with Gasteiger partial charge < -0.3 is 18.9 Å². The van der Waals surface area contributed by atoms with Crippen molar-refractivity contribution in [3.8, 4) is 0 Å². The van der Waals surface area contributed by atoms with Gasteiger partial charge in [0.05, 0.1) is 39.3 Å². The van der Waals surface area contributed by atoms with Gasteiger partial charge in [-0.25, -0.2) is 0 Å². The summed E-state index contributed by atoms with van der Waals surface area (Å²) in [5.74, 6) is -0.498. The fourth-order valence-corrected chi connectivity index (χ4v) is 2.79. The number of hydrogen-bond acceptors (Lipinski definition) is 6. The van der Waals surface area contributed by atoms with E-state index < -0.39 is 0 Å². The number of ether oxygens (including phenoxy) is 4. The number of benzene rings is 1. The van der Waals surface area contributed by atoms with Crippen molar-refractivity contribution in [2.75, 3.05) is 39.6 Å². The van der Waals surface area contributed by atoms with Crippen LogP contribution in [0.1, 0.15) is 25.0 Å². The topological polar surface area (TPSA) is 71.1 Å². The molecular weight excluding hydrogens is 336 g/mol. The Labute approximate surface area is 153 Å². The molecular formula is C20H26O6. The predicted octanol–water partition coefficient (Wildman–Crippen LogP) is 1.93. The van der Waals surface area contributed by atoms with E-state index in [1.807, 2.05) is 38.1 Å². The summed E-state index contributed by atoms with van der Waals surface area (Å²) in [6, 6.07) is 7.39. The smallest absolute Gasteiger partial charge is 0.310 e. The third-order valence-corrected chi connectivity index (χ3v) is 4.69. The first-order chi connectivity index (χ1) is 12.4. The van der Waals surface area contributed by atoms with Gasteiger partial charge in [0.1, 0.15) is 13.2 Å². The number of carbonyl (C=O) groups is 2. The molecule has 0 unspecified atom stereocenters. The fourth-order valence-electron chi connectivity index (χ4n) is 2.79. The van der Waals surface area contributed by atoms with Gasteiger partial charge in [-0.15, -0.1) is 0 Å². The summed E-state index contributed by atoms with van der Waals surface area (Å²) >= 11 is 0. The first-order valence-electron chi connectivity index (χ1n) is 8.91. The second-order valence-electron chi connectivity index (χ2n) is 8.10. The first kappa shape index (κ1) is 18.9. The van der Waals surface area contributed by atoms with Crippen molar-refractivity contribution in [1.29, 1.82) is 0 Å². The molecule has 1 aromatic rings. The first-order valence-corrected chi connectivity index (χ1v) is 8.91. The molecule has 0 aliphatic carbocycles. The molecule has 142 valence electrons. The summed E-state index contributed by atoms with van der Waals surface area (Å²) in [4.78, 5) is 23.9. The highest BCUT2D eigenvalue weighted by atomic mass is 16.6. The van der Waals surface area contributed by atoms with Gasteiger partial charge in [-0.2, -0.15) is 0 Å². The lowest BCUT2D eigenvalue weighted by Gasteiger charge is -2.37. The molecule has 6 nitrogen and oxygen atoms in total. The Bertz CT molecular complexity index is 586. The molecule has 0 amide bonds. The van der Waals surface area contributed by atoms with Crippen LogP contribution < -0.4 is 0 Å². The second kappa shape index (κ2) is 7.76. The lowest BCUT2D eigenvalue weighted by molar-refractivity contribution is -0.165. The zero-order valence-corrected chi connectivity index (χ0v) is 15.4. The summed E-state index contributed by atoms with van der Waals surface area (Å²) < 4.78 is 20.9. The van der Waals surface area contributed by atoms with Crippen LogP contribution in [0.15, 0.2) is 24.3 Å². The lowest BCUT2D eigenvalue weighted by atomic mass is 9.90. The van der Waals surface area contributed by atoms with E-state index in [4.69, 9.17) is 18.9 Å². The van der Waals surface area contributed by atoms with Crippen LogP contribution in [0.5, 0.6) is 0 Å². The third kappa shape index (κ3) is 5.05. The molecule has 0 atom stereocenters. The molecule has 26 heavy (non-hydrogen) atoms. The highest BCUT2D eigenvalue weighted by molar-refractivity contribution is 5.74. The minimum absolute atomic E-state index is 0.0391. The van der Waals surface area contributed by atoms with Gasteiger partial charge in [-0.05, 0) is 11.1 Å². The Morgan fingerprint density at radius 1 is 0.808 bits per heavy atom. The van der Waals surface area contributed by atoms with Crippen LogP contribution in [0.4, 0.5) is 0 Å². The van der Waals surface area contributed by atoms with Gasteiger partial charge in [0.25, 0.3) is 0 Å². The normalized spacial score (nSPS) is 19.8. The van der Waals surface area contributed by atoms with Gasteiger partial charge >= 0.3 is 11.9 Å². The van der Waals surface area contributed by atoms with Gasteiger partial charge in [-0.1, -0.05) is 38.1 Å². The van der Waals surface area contributed by atoms with Crippen LogP contribution >= 0.6 is 0 Å². The minimum atomic E-state index is -0.249. The maximum Gasteiger partial charge on any atom is 0.310 e. The largest absolute Gasteiger partial charge is 0.465 e. The predicted molar refractivity (Wildman–Crippen MR) is 93.6 cm³/mol. The average molecular weight is 362 g/mol. The monoisotopic (exact) mass is 362 g/mol. The summed E-state index contributed by atoms with van der Waals surface area (Å²) in [7, 11) is 0. The molecule has 2 heterocycles. The van der Waals surface area contributed by atoms with E-state index in [1.54, 1.807) is 0 Å². The van der Waals surface area contributed by atoms with Gasteiger partial charge in [-0.3, -0.25) is 9.59 Å². The highest BCUT2D eigenvalue weighted by Gasteiger charge is 2.35. The molecule has 2 fully saturated rings. The van der Waals surface area contributed by atoms with E-state index in [0.29, 0.717) is 39.6 Å². The van der Waals surface area contributed by atoms with Crippen LogP contribution in [-0.2, 0) is 41.4 Å². The third-order valence-electron chi connectivity index (χ3n) is 4.69. The summed E-state index contributed by atoms with van der Waals surface area (Å²) in [6.07, 6.45) is 0.444. The molecule has 0 N–H and O–H groups in total. The number of esters is 2. The Hall–Kier alpha value is -1.92. The average Bonchev–Trinajstić information content (AvgIpc) is 2.56. The Morgan fingerprint density at radius 3 is 1.42 bits per heavy atom. The molecule has 0 saturated carbocycles. The number of hydrogen-bond donors (Lipinski definition) is 0. The van der Waals surface area contributed by atoms with Crippen molar-refractivity contribution < 1.29 is 28.5 Å². The molecule has 2 saturated heterocycles. The number of carbonyl (C=O) groups excluding carboxylic acids is 2. The molecule has 1 aromatic carbocycles. The summed E-state index contributed by atoms with van der Waals surface area (Å²) in [5.41, 5.74) is 1.65. The van der Waals surface area contributed by atoms with Gasteiger partial charge in [0, 0.05) is 10.8 Å². The van der Waals surface area contributed by atoms with Crippen molar-refractivity contribution in [3.05, 3.63) is 35.4 Å². The standard InChI is InChI=1S/C20H26O6/c1-19(9-23-10-19)13-25-17(21)7-15-3-5-16(6-4-15)8-18(22)26-14-20(2)11-24-12-20/h3-6H,7-14H2,1-2H3. The molecule has 0 aromatic heterocycles. The van der Waals surface area contributed by atoms with E-state index in [0.717, 1.165) is 11.1 Å². The second-order valence-corrected chi connectivity index (χ2v) is 8.10. The van der Waals surface area contributed by atoms with E-state index in [2.05, 4.69) is 0 Å². The van der Waals surface area contributed by atoms with Crippen molar-refractivity contribution in [2.45, 2.75) is 26.7 Å². The van der Waals surface area contributed by atoms with Gasteiger partial charge in [0.15, 0.2) is 0 Å². The Balaban J connectivity index is 1.39. The van der Waals surface area contributed by atoms with E-state index in [-0.39, 0.29) is 35.6 Å². The molecule has 0 bridgehead atoms. The Morgan fingerprint density at radius 2 is 1.15 bits per heavy atom. The summed E-state index contributed by atoms with van der Waals surface area (Å²) in [5, 5.41) is 0. The van der Waals surface area contributed by atoms with Crippen LogP contribution in [0.3, 0.4) is 0 Å². The van der Waals surface area contributed by atoms with Crippen LogP contribution in [-0.4, -0.2) is 51.6 Å². The molecule has 6 heteroatoms. The summed E-state index contributed by atoms with van der Waals surface area (Å²) in [6.45, 7) is 7.40. The van der Waals surface area contributed by atoms with E-state index in [1.165, 1.54) is 0 Å². The van der Waals surface area contributed by atoms with Gasteiger partial charge in [0.2, 0.25) is 0 Å². The van der Waals surface area contributed by atoms with E-state index in [9.17, 15) is 9.59 Å². The Kier molecular flexibility index (Phi) is 5.63. The van der Waals surface area contributed by atoms with Crippen LogP contribution in [0.2, 0.25) is 0 Å². The maximum atomic E-state index is 11.9. The molecule has 3 rings (SSSR count). The number of rotatable bonds is 8. The zero-order chi connectivity index (χ0) is 18.6. The van der Waals surface area contributed by atoms with Crippen molar-refractivity contribution >= 4 is 11.9 Å². The quantitative estimate of drug-likeness (QED) is 0.658. The van der Waals surface area contributed by atoms with Crippen LogP contribution in [0, 0.1) is 10.8 Å². The molecule has 0 spiro atoms. The van der Waals surface area contributed by atoms with E-state index >= 15 is 0 Å². The van der Waals surface area contributed by atoms with Crippen molar-refractivity contribution in [1.82, 2.24) is 0 Å². The fraction of sp³-hybridized carbons (Fsp3) is 0.600.